The van der Waals surface area contributed by atoms with E-state index in [0.29, 0.717) is 6.04 Å². The number of halogens is 1. The Labute approximate surface area is 113 Å². The molecular weight excluding hydrogens is 244 g/mol. The Morgan fingerprint density at radius 3 is 3.17 bits per heavy atom. The number of aromatic nitrogens is 2. The summed E-state index contributed by atoms with van der Waals surface area (Å²) in [6.45, 7) is 2.28. The van der Waals surface area contributed by atoms with Gasteiger partial charge in [-0.3, -0.25) is 0 Å². The second-order valence-corrected chi connectivity index (χ2v) is 5.52. The summed E-state index contributed by atoms with van der Waals surface area (Å²) in [4.78, 5) is 4.59. The minimum absolute atomic E-state index is 0.574. The first-order chi connectivity index (χ1) is 8.74. The maximum Gasteiger partial charge on any atom is 0.113 e. The van der Waals surface area contributed by atoms with E-state index < -0.39 is 0 Å². The fraction of sp³-hybridized carbons (Fsp3) is 0.400. The molecule has 0 fully saturated rings. The van der Waals surface area contributed by atoms with Crippen molar-refractivity contribution >= 4 is 11.6 Å². The van der Waals surface area contributed by atoms with Crippen molar-refractivity contribution in [2.75, 3.05) is 0 Å². The number of aryl methyl sites for hydroxylation is 1. The predicted octanol–water partition coefficient (Wildman–Crippen LogP) is 4.02. The zero-order chi connectivity index (χ0) is 12.5. The Morgan fingerprint density at radius 1 is 1.44 bits per heavy atom. The number of hydrogen-bond acceptors (Lipinski definition) is 1. The number of rotatable bonds is 2. The van der Waals surface area contributed by atoms with Crippen LogP contribution in [0.5, 0.6) is 0 Å². The van der Waals surface area contributed by atoms with Gasteiger partial charge in [-0.1, -0.05) is 23.7 Å². The van der Waals surface area contributed by atoms with E-state index in [1.54, 1.807) is 0 Å². The summed E-state index contributed by atoms with van der Waals surface area (Å²) in [7, 11) is 0. The Hall–Kier alpha value is -1.28. The van der Waals surface area contributed by atoms with E-state index in [1.165, 1.54) is 29.9 Å². The Kier molecular flexibility index (Phi) is 3.13. The molecule has 0 saturated heterocycles. The fourth-order valence-corrected chi connectivity index (χ4v) is 3.04. The van der Waals surface area contributed by atoms with E-state index in [1.807, 2.05) is 24.4 Å². The van der Waals surface area contributed by atoms with Gasteiger partial charge in [0.25, 0.3) is 0 Å². The maximum absolute atomic E-state index is 6.03. The van der Waals surface area contributed by atoms with Gasteiger partial charge in [0.05, 0.1) is 0 Å². The van der Waals surface area contributed by atoms with Crippen molar-refractivity contribution in [3.63, 3.8) is 0 Å². The fourth-order valence-electron chi connectivity index (χ4n) is 2.83. The van der Waals surface area contributed by atoms with E-state index in [4.69, 9.17) is 11.6 Å². The van der Waals surface area contributed by atoms with Gasteiger partial charge in [-0.15, -0.1) is 0 Å². The third kappa shape index (κ3) is 2.17. The molecule has 1 aromatic carbocycles. The first-order valence-corrected chi connectivity index (χ1v) is 6.91. The summed E-state index contributed by atoms with van der Waals surface area (Å²) in [5, 5.41) is 0.797. The molecule has 94 valence electrons. The summed E-state index contributed by atoms with van der Waals surface area (Å²) < 4.78 is 2.41. The van der Waals surface area contributed by atoms with E-state index >= 15 is 0 Å². The number of benzene rings is 1. The number of hydrogen-bond donors (Lipinski definition) is 0. The van der Waals surface area contributed by atoms with Crippen molar-refractivity contribution in [3.8, 4) is 0 Å². The SMILES string of the molecule is CC1CCCc2cnc(Cc3cccc(Cl)c3)n21. The molecule has 1 aromatic heterocycles. The molecule has 0 saturated carbocycles. The molecule has 1 atom stereocenters. The molecule has 1 aliphatic heterocycles. The van der Waals surface area contributed by atoms with Gasteiger partial charge in [-0.25, -0.2) is 4.98 Å². The number of fused-ring (bicyclic) bond motifs is 1. The van der Waals surface area contributed by atoms with Gasteiger partial charge >= 0.3 is 0 Å². The van der Waals surface area contributed by atoms with Crippen LogP contribution in [0, 0.1) is 0 Å². The molecule has 0 bridgehead atoms. The minimum atomic E-state index is 0.574. The maximum atomic E-state index is 6.03. The molecule has 3 heteroatoms. The molecule has 0 N–H and O–H groups in total. The lowest BCUT2D eigenvalue weighted by molar-refractivity contribution is 0.421. The molecule has 2 nitrogen and oxygen atoms in total. The summed E-state index contributed by atoms with van der Waals surface area (Å²) in [6.07, 6.45) is 6.60. The first kappa shape index (κ1) is 11.8. The topological polar surface area (TPSA) is 17.8 Å². The van der Waals surface area contributed by atoms with Crippen molar-refractivity contribution in [3.05, 3.63) is 52.6 Å². The van der Waals surface area contributed by atoms with Crippen LogP contribution in [0.25, 0.3) is 0 Å². The Morgan fingerprint density at radius 2 is 2.33 bits per heavy atom. The van der Waals surface area contributed by atoms with Crippen molar-refractivity contribution in [2.45, 2.75) is 38.6 Å². The first-order valence-electron chi connectivity index (χ1n) is 6.53. The summed E-state index contributed by atoms with van der Waals surface area (Å²) in [5.74, 6) is 1.17. The van der Waals surface area contributed by atoms with Crippen LogP contribution in [0.15, 0.2) is 30.5 Å². The van der Waals surface area contributed by atoms with Gasteiger partial charge in [0.15, 0.2) is 0 Å². The summed E-state index contributed by atoms with van der Waals surface area (Å²) >= 11 is 6.03. The summed E-state index contributed by atoms with van der Waals surface area (Å²) in [5.41, 5.74) is 2.61. The molecule has 2 heterocycles. The molecule has 0 amide bonds. The smallest absolute Gasteiger partial charge is 0.113 e. The van der Waals surface area contributed by atoms with Crippen molar-refractivity contribution < 1.29 is 0 Å². The normalized spacial score (nSPS) is 18.7. The molecule has 0 aliphatic carbocycles. The molecule has 18 heavy (non-hydrogen) atoms. The Balaban J connectivity index is 1.92. The van der Waals surface area contributed by atoms with Gasteiger partial charge in [-0.2, -0.15) is 0 Å². The predicted molar refractivity (Wildman–Crippen MR) is 74.1 cm³/mol. The lowest BCUT2D eigenvalue weighted by atomic mass is 10.0. The van der Waals surface area contributed by atoms with Gasteiger partial charge < -0.3 is 4.57 Å². The lowest BCUT2D eigenvalue weighted by Crippen LogP contribution is -2.17. The van der Waals surface area contributed by atoms with Crippen LogP contribution in [-0.4, -0.2) is 9.55 Å². The highest BCUT2D eigenvalue weighted by Gasteiger charge is 2.19. The van der Waals surface area contributed by atoms with E-state index in [9.17, 15) is 0 Å². The zero-order valence-electron chi connectivity index (χ0n) is 10.6. The van der Waals surface area contributed by atoms with Crippen LogP contribution in [0.1, 0.15) is 42.9 Å². The van der Waals surface area contributed by atoms with E-state index in [-0.39, 0.29) is 0 Å². The number of nitrogens with zero attached hydrogens (tertiary/aromatic N) is 2. The van der Waals surface area contributed by atoms with E-state index in [0.717, 1.165) is 17.9 Å². The monoisotopic (exact) mass is 260 g/mol. The molecule has 3 rings (SSSR count). The third-order valence-electron chi connectivity index (χ3n) is 3.70. The average Bonchev–Trinajstić information content (AvgIpc) is 2.74. The zero-order valence-corrected chi connectivity index (χ0v) is 11.3. The summed E-state index contributed by atoms with van der Waals surface area (Å²) in [6, 6.07) is 8.62. The second-order valence-electron chi connectivity index (χ2n) is 5.08. The molecular formula is C15H17ClN2. The van der Waals surface area contributed by atoms with Crippen molar-refractivity contribution in [1.82, 2.24) is 9.55 Å². The van der Waals surface area contributed by atoms with Crippen molar-refractivity contribution in [2.24, 2.45) is 0 Å². The van der Waals surface area contributed by atoms with Gasteiger partial charge in [0.1, 0.15) is 5.82 Å². The van der Waals surface area contributed by atoms with Crippen LogP contribution < -0.4 is 0 Å². The quantitative estimate of drug-likeness (QED) is 0.797. The second kappa shape index (κ2) is 4.77. The van der Waals surface area contributed by atoms with Gasteiger partial charge in [-0.05, 0) is 43.9 Å². The lowest BCUT2D eigenvalue weighted by Gasteiger charge is -2.24. The number of imidazole rings is 1. The molecule has 0 spiro atoms. The highest BCUT2D eigenvalue weighted by molar-refractivity contribution is 6.30. The highest BCUT2D eigenvalue weighted by atomic mass is 35.5. The van der Waals surface area contributed by atoms with Gasteiger partial charge in [0, 0.05) is 29.4 Å². The molecule has 1 aliphatic rings. The minimum Gasteiger partial charge on any atom is -0.329 e. The van der Waals surface area contributed by atoms with Crippen LogP contribution in [0.2, 0.25) is 5.02 Å². The standard InChI is InChI=1S/C15H17ClN2/c1-11-4-2-7-14-10-17-15(18(11)14)9-12-5-3-6-13(16)8-12/h3,5-6,8,10-11H,2,4,7,9H2,1H3. The van der Waals surface area contributed by atoms with Crippen LogP contribution in [0.3, 0.4) is 0 Å². The average molecular weight is 261 g/mol. The molecule has 2 aromatic rings. The van der Waals surface area contributed by atoms with Crippen LogP contribution >= 0.6 is 11.6 Å². The van der Waals surface area contributed by atoms with Crippen LogP contribution in [0.4, 0.5) is 0 Å². The molecule has 0 radical (unpaired) electrons. The van der Waals surface area contributed by atoms with E-state index in [2.05, 4.69) is 22.5 Å². The van der Waals surface area contributed by atoms with Gasteiger partial charge in [0.2, 0.25) is 0 Å². The largest absolute Gasteiger partial charge is 0.329 e. The van der Waals surface area contributed by atoms with Crippen LogP contribution in [-0.2, 0) is 12.8 Å². The highest BCUT2D eigenvalue weighted by Crippen LogP contribution is 2.27. The third-order valence-corrected chi connectivity index (χ3v) is 3.93. The Bertz CT molecular complexity index is 559. The van der Waals surface area contributed by atoms with Crippen molar-refractivity contribution in [1.29, 1.82) is 0 Å². The molecule has 1 unspecified atom stereocenters.